The Labute approximate surface area is 182 Å². The molecule has 0 saturated carbocycles. The summed E-state index contributed by atoms with van der Waals surface area (Å²) >= 11 is 6.11. The van der Waals surface area contributed by atoms with Crippen LogP contribution in [0.3, 0.4) is 0 Å². The first kappa shape index (κ1) is 22.3. The molecule has 1 amide bonds. The van der Waals surface area contributed by atoms with Gasteiger partial charge in [0.25, 0.3) is 5.91 Å². The van der Waals surface area contributed by atoms with E-state index < -0.39 is 35.8 Å². The average Bonchev–Trinajstić information content (AvgIpc) is 3.03. The molecule has 6 nitrogen and oxygen atoms in total. The van der Waals surface area contributed by atoms with Gasteiger partial charge < -0.3 is 19.4 Å². The minimum atomic E-state index is -0.932. The molecule has 3 aromatic rings. The summed E-state index contributed by atoms with van der Waals surface area (Å²) in [5.41, 5.74) is 1.52. The molecule has 1 aromatic heterocycles. The maximum absolute atomic E-state index is 13.6. The van der Waals surface area contributed by atoms with Gasteiger partial charge in [0.1, 0.15) is 23.1 Å². The van der Waals surface area contributed by atoms with Gasteiger partial charge >= 0.3 is 5.97 Å². The first-order valence-electron chi connectivity index (χ1n) is 9.16. The van der Waals surface area contributed by atoms with Crippen molar-refractivity contribution < 1.29 is 27.8 Å². The van der Waals surface area contributed by atoms with Crippen molar-refractivity contribution in [3.05, 3.63) is 76.1 Å². The number of hydrogen-bond donors (Lipinski definition) is 1. The van der Waals surface area contributed by atoms with Gasteiger partial charge in [-0.05, 0) is 50.2 Å². The van der Waals surface area contributed by atoms with Crippen LogP contribution in [0.25, 0.3) is 5.69 Å². The Morgan fingerprint density at radius 3 is 2.42 bits per heavy atom. The van der Waals surface area contributed by atoms with Gasteiger partial charge in [0, 0.05) is 16.4 Å². The number of nitrogens with one attached hydrogen (secondary N) is 1. The highest BCUT2D eigenvalue weighted by molar-refractivity contribution is 6.30. The molecule has 3 rings (SSSR count). The Morgan fingerprint density at radius 1 is 1.10 bits per heavy atom. The van der Waals surface area contributed by atoms with Gasteiger partial charge in [-0.1, -0.05) is 17.7 Å². The van der Waals surface area contributed by atoms with Crippen LogP contribution >= 0.6 is 11.6 Å². The number of amides is 1. The van der Waals surface area contributed by atoms with E-state index in [0.29, 0.717) is 27.8 Å². The monoisotopic (exact) mass is 448 g/mol. The smallest absolute Gasteiger partial charge is 0.340 e. The SMILES string of the molecule is COc1ccc(Cl)cc1-n1c(C)cc(C(=O)OCC(=O)Nc2c(F)cccc2F)c1C. The van der Waals surface area contributed by atoms with Crippen molar-refractivity contribution in [1.82, 2.24) is 4.57 Å². The molecule has 1 N–H and O–H groups in total. The second-order valence-corrected chi connectivity index (χ2v) is 7.09. The lowest BCUT2D eigenvalue weighted by Crippen LogP contribution is -2.22. The highest BCUT2D eigenvalue weighted by Crippen LogP contribution is 2.31. The van der Waals surface area contributed by atoms with E-state index in [-0.39, 0.29) is 5.56 Å². The summed E-state index contributed by atoms with van der Waals surface area (Å²) in [4.78, 5) is 24.5. The average molecular weight is 449 g/mol. The summed E-state index contributed by atoms with van der Waals surface area (Å²) in [6.45, 7) is 2.79. The molecule has 9 heteroatoms. The zero-order valence-electron chi connectivity index (χ0n) is 17.0. The quantitative estimate of drug-likeness (QED) is 0.548. The van der Waals surface area contributed by atoms with Crippen LogP contribution in [0.5, 0.6) is 5.75 Å². The van der Waals surface area contributed by atoms with Crippen LogP contribution < -0.4 is 10.1 Å². The third-order valence-electron chi connectivity index (χ3n) is 4.59. The fourth-order valence-electron chi connectivity index (χ4n) is 3.18. The number of para-hydroxylation sites is 1. The zero-order chi connectivity index (χ0) is 22.7. The summed E-state index contributed by atoms with van der Waals surface area (Å²) in [6.07, 6.45) is 0. The number of methoxy groups -OCH3 is 1. The van der Waals surface area contributed by atoms with Gasteiger partial charge in [0.05, 0.1) is 18.4 Å². The molecule has 0 unspecified atom stereocenters. The fourth-order valence-corrected chi connectivity index (χ4v) is 3.35. The third kappa shape index (κ3) is 4.69. The van der Waals surface area contributed by atoms with Gasteiger partial charge in [-0.2, -0.15) is 0 Å². The Balaban J connectivity index is 1.77. The Kier molecular flexibility index (Phi) is 6.60. The van der Waals surface area contributed by atoms with Crippen molar-refractivity contribution in [1.29, 1.82) is 0 Å². The maximum atomic E-state index is 13.6. The summed E-state index contributed by atoms with van der Waals surface area (Å²) in [5, 5.41) is 2.55. The second kappa shape index (κ2) is 9.18. The van der Waals surface area contributed by atoms with Gasteiger partial charge in [0.2, 0.25) is 0 Å². The number of esters is 1. The molecular formula is C22H19ClF2N2O4. The van der Waals surface area contributed by atoms with E-state index in [4.69, 9.17) is 21.1 Å². The largest absolute Gasteiger partial charge is 0.495 e. The molecule has 0 radical (unpaired) electrons. The number of carbonyl (C=O) groups is 2. The number of rotatable bonds is 6. The topological polar surface area (TPSA) is 69.6 Å². The Hall–Kier alpha value is -3.39. The lowest BCUT2D eigenvalue weighted by Gasteiger charge is -2.14. The third-order valence-corrected chi connectivity index (χ3v) is 4.83. The second-order valence-electron chi connectivity index (χ2n) is 6.66. The number of anilines is 1. The van der Waals surface area contributed by atoms with Crippen LogP contribution in [0.4, 0.5) is 14.5 Å². The van der Waals surface area contributed by atoms with Crippen LogP contribution in [0.2, 0.25) is 5.02 Å². The predicted octanol–water partition coefficient (Wildman–Crippen LogP) is 4.83. The number of nitrogens with zero attached hydrogens (tertiary/aromatic N) is 1. The molecule has 0 bridgehead atoms. The van der Waals surface area contributed by atoms with Gasteiger partial charge in [0.15, 0.2) is 6.61 Å². The molecule has 31 heavy (non-hydrogen) atoms. The molecule has 0 aliphatic heterocycles. The number of ether oxygens (including phenoxy) is 2. The number of carbonyl (C=O) groups excluding carboxylic acids is 2. The first-order chi connectivity index (χ1) is 14.7. The lowest BCUT2D eigenvalue weighted by molar-refractivity contribution is -0.119. The van der Waals surface area contributed by atoms with Crippen molar-refractivity contribution in [2.24, 2.45) is 0 Å². The molecule has 2 aromatic carbocycles. The van der Waals surface area contributed by atoms with Crippen LogP contribution in [-0.4, -0.2) is 30.2 Å². The van der Waals surface area contributed by atoms with Crippen LogP contribution in [0, 0.1) is 25.5 Å². The van der Waals surface area contributed by atoms with Gasteiger partial charge in [-0.25, -0.2) is 13.6 Å². The summed E-state index contributed by atoms with van der Waals surface area (Å²) in [5.74, 6) is -2.94. The highest BCUT2D eigenvalue weighted by atomic mass is 35.5. The Morgan fingerprint density at radius 2 is 1.77 bits per heavy atom. The number of hydrogen-bond acceptors (Lipinski definition) is 4. The van der Waals surface area contributed by atoms with Crippen LogP contribution in [-0.2, 0) is 9.53 Å². The van der Waals surface area contributed by atoms with E-state index in [2.05, 4.69) is 5.32 Å². The Bertz CT molecular complexity index is 1140. The van der Waals surface area contributed by atoms with E-state index in [9.17, 15) is 18.4 Å². The molecule has 0 aliphatic carbocycles. The molecule has 0 atom stereocenters. The molecule has 0 spiro atoms. The standard InChI is InChI=1S/C22H19ClF2N2O4/c1-12-9-15(13(2)27(12)18-10-14(23)7-8-19(18)30-3)22(29)31-11-20(28)26-21-16(24)5-4-6-17(21)25/h4-10H,11H2,1-3H3,(H,26,28). The number of benzene rings is 2. The first-order valence-corrected chi connectivity index (χ1v) is 9.54. The maximum Gasteiger partial charge on any atom is 0.340 e. The van der Waals surface area contributed by atoms with Crippen LogP contribution in [0.1, 0.15) is 21.7 Å². The van der Waals surface area contributed by atoms with Gasteiger partial charge in [-0.15, -0.1) is 0 Å². The van der Waals surface area contributed by atoms with E-state index in [0.717, 1.165) is 12.1 Å². The molecule has 1 heterocycles. The lowest BCUT2D eigenvalue weighted by atomic mass is 10.2. The fraction of sp³-hybridized carbons (Fsp3) is 0.182. The van der Waals surface area contributed by atoms with Crippen molar-refractivity contribution in [3.8, 4) is 11.4 Å². The minimum Gasteiger partial charge on any atom is -0.495 e. The summed E-state index contributed by atoms with van der Waals surface area (Å²) in [7, 11) is 1.52. The molecule has 0 aliphatic rings. The van der Waals surface area contributed by atoms with Crippen molar-refractivity contribution >= 4 is 29.2 Å². The number of halogens is 3. The predicted molar refractivity (Wildman–Crippen MR) is 112 cm³/mol. The van der Waals surface area contributed by atoms with Crippen molar-refractivity contribution in [2.45, 2.75) is 13.8 Å². The van der Waals surface area contributed by atoms with E-state index in [1.165, 1.54) is 13.2 Å². The van der Waals surface area contributed by atoms with E-state index in [1.54, 1.807) is 42.7 Å². The van der Waals surface area contributed by atoms with Crippen LogP contribution in [0.15, 0.2) is 42.5 Å². The van der Waals surface area contributed by atoms with Crippen molar-refractivity contribution in [3.63, 3.8) is 0 Å². The number of aryl methyl sites for hydroxylation is 1. The molecular weight excluding hydrogens is 430 g/mol. The summed E-state index contributed by atoms with van der Waals surface area (Å²) in [6, 6.07) is 9.88. The normalized spacial score (nSPS) is 10.6. The zero-order valence-corrected chi connectivity index (χ0v) is 17.7. The van der Waals surface area contributed by atoms with Gasteiger partial charge in [-0.3, -0.25) is 4.79 Å². The van der Waals surface area contributed by atoms with Crippen molar-refractivity contribution in [2.75, 3.05) is 19.0 Å². The highest BCUT2D eigenvalue weighted by Gasteiger charge is 2.21. The minimum absolute atomic E-state index is 0.226. The van der Waals surface area contributed by atoms with E-state index >= 15 is 0 Å². The molecule has 0 saturated heterocycles. The molecule has 0 fully saturated rings. The number of aromatic nitrogens is 1. The van der Waals surface area contributed by atoms with E-state index in [1.807, 2.05) is 0 Å². The summed E-state index contributed by atoms with van der Waals surface area (Å²) < 4.78 is 39.5. The molecule has 162 valence electrons.